The Bertz CT molecular complexity index is 1180. The Morgan fingerprint density at radius 3 is 2.67 bits per heavy atom. The van der Waals surface area contributed by atoms with Crippen LogP contribution in [0.5, 0.6) is 0 Å². The predicted molar refractivity (Wildman–Crippen MR) is 111 cm³/mol. The molecule has 30 heavy (non-hydrogen) atoms. The Balaban J connectivity index is 1.84. The molecular weight excluding hydrogens is 431 g/mol. The van der Waals surface area contributed by atoms with Gasteiger partial charge in [-0.2, -0.15) is 4.80 Å². The predicted octanol–water partition coefficient (Wildman–Crippen LogP) is 2.27. The van der Waals surface area contributed by atoms with Crippen LogP contribution in [0.4, 0.5) is 10.1 Å². The van der Waals surface area contributed by atoms with E-state index in [4.69, 9.17) is 17.3 Å². The van der Waals surface area contributed by atoms with Gasteiger partial charge in [0.15, 0.2) is 9.84 Å². The van der Waals surface area contributed by atoms with Crippen molar-refractivity contribution in [2.75, 3.05) is 17.2 Å². The molecule has 0 aliphatic carbocycles. The summed E-state index contributed by atoms with van der Waals surface area (Å²) in [5.41, 5.74) is 7.45. The van der Waals surface area contributed by atoms with Crippen LogP contribution in [0.1, 0.15) is 12.5 Å². The lowest BCUT2D eigenvalue weighted by atomic mass is 10.1. The molecule has 3 aromatic rings. The highest BCUT2D eigenvalue weighted by Gasteiger charge is 2.32. The first kappa shape index (κ1) is 20.7. The number of benzene rings is 2. The van der Waals surface area contributed by atoms with E-state index >= 15 is 0 Å². The van der Waals surface area contributed by atoms with Crippen molar-refractivity contribution in [3.05, 3.63) is 52.8 Å². The second-order valence-electron chi connectivity index (χ2n) is 7.15. The molecule has 1 aromatic heterocycles. The van der Waals surface area contributed by atoms with Crippen molar-refractivity contribution in [3.8, 4) is 11.4 Å². The average molecular weight is 451 g/mol. The molecule has 8 nitrogen and oxygen atoms in total. The molecule has 1 aliphatic heterocycles. The minimum absolute atomic E-state index is 0.0835. The first-order valence-electron chi connectivity index (χ1n) is 9.36. The van der Waals surface area contributed by atoms with Gasteiger partial charge in [-0.1, -0.05) is 23.7 Å². The van der Waals surface area contributed by atoms with E-state index in [-0.39, 0.29) is 28.6 Å². The molecule has 0 radical (unpaired) electrons. The Morgan fingerprint density at radius 2 is 2.00 bits per heavy atom. The molecule has 2 heterocycles. The van der Waals surface area contributed by atoms with Gasteiger partial charge in [-0.3, -0.25) is 0 Å². The van der Waals surface area contributed by atoms with Gasteiger partial charge < -0.3 is 10.6 Å². The number of anilines is 1. The zero-order valence-electron chi connectivity index (χ0n) is 16.2. The quantitative estimate of drug-likeness (QED) is 0.649. The van der Waals surface area contributed by atoms with Gasteiger partial charge in [-0.05, 0) is 42.0 Å². The highest BCUT2D eigenvalue weighted by molar-refractivity contribution is 7.91. The lowest BCUT2D eigenvalue weighted by Gasteiger charge is -2.26. The maximum Gasteiger partial charge on any atom is 0.207 e. The second kappa shape index (κ2) is 7.93. The van der Waals surface area contributed by atoms with Crippen molar-refractivity contribution >= 4 is 27.1 Å². The van der Waals surface area contributed by atoms with Crippen LogP contribution in [0.15, 0.2) is 41.3 Å². The van der Waals surface area contributed by atoms with Gasteiger partial charge >= 0.3 is 0 Å². The number of nitrogens with two attached hydrogens (primary N) is 1. The van der Waals surface area contributed by atoms with E-state index in [1.165, 1.54) is 10.9 Å². The fourth-order valence-corrected chi connectivity index (χ4v) is 5.23. The van der Waals surface area contributed by atoms with E-state index in [1.54, 1.807) is 12.1 Å². The molecular formula is C19H20ClFN6O2S. The van der Waals surface area contributed by atoms with E-state index < -0.39 is 21.7 Å². The van der Waals surface area contributed by atoms with Crippen molar-refractivity contribution < 1.29 is 12.8 Å². The van der Waals surface area contributed by atoms with Crippen LogP contribution in [-0.4, -0.2) is 47.0 Å². The zero-order valence-corrected chi connectivity index (χ0v) is 17.7. The van der Waals surface area contributed by atoms with Crippen molar-refractivity contribution in [1.82, 2.24) is 20.2 Å². The van der Waals surface area contributed by atoms with Crippen LogP contribution in [0.2, 0.25) is 5.02 Å². The Morgan fingerprint density at radius 1 is 1.27 bits per heavy atom. The van der Waals surface area contributed by atoms with Gasteiger partial charge in [0.25, 0.3) is 0 Å². The van der Waals surface area contributed by atoms with Crippen LogP contribution in [-0.2, 0) is 22.9 Å². The number of nitrogens with zero attached hydrogens (tertiary/aromatic N) is 5. The highest BCUT2D eigenvalue weighted by Crippen LogP contribution is 2.35. The number of halogens is 2. The van der Waals surface area contributed by atoms with Gasteiger partial charge in [0, 0.05) is 24.2 Å². The number of tetrazole rings is 1. The minimum Gasteiger partial charge on any atom is -0.365 e. The smallest absolute Gasteiger partial charge is 0.207 e. The monoisotopic (exact) mass is 450 g/mol. The average Bonchev–Trinajstić information content (AvgIpc) is 3.14. The number of aryl methyl sites for hydroxylation is 1. The van der Waals surface area contributed by atoms with Gasteiger partial charge in [0.1, 0.15) is 5.82 Å². The molecule has 2 aromatic carbocycles. The molecule has 0 bridgehead atoms. The normalized spacial score (nSPS) is 18.1. The molecule has 0 unspecified atom stereocenters. The largest absolute Gasteiger partial charge is 0.365 e. The number of hydrogen-bond acceptors (Lipinski definition) is 7. The zero-order chi connectivity index (χ0) is 21.5. The first-order valence-corrected chi connectivity index (χ1v) is 11.4. The molecule has 0 amide bonds. The highest BCUT2D eigenvalue weighted by atomic mass is 35.5. The maximum atomic E-state index is 14.9. The number of hydrogen-bond donors (Lipinski definition) is 1. The maximum absolute atomic E-state index is 14.9. The van der Waals surface area contributed by atoms with E-state index in [0.717, 1.165) is 11.6 Å². The molecule has 11 heteroatoms. The molecule has 0 fully saturated rings. The van der Waals surface area contributed by atoms with Crippen molar-refractivity contribution in [1.29, 1.82) is 0 Å². The van der Waals surface area contributed by atoms with Crippen LogP contribution in [0, 0.1) is 5.82 Å². The summed E-state index contributed by atoms with van der Waals surface area (Å²) in [5, 5.41) is 12.5. The van der Waals surface area contributed by atoms with Crippen LogP contribution < -0.4 is 10.6 Å². The number of aromatic nitrogens is 4. The molecule has 0 spiro atoms. The van der Waals surface area contributed by atoms with E-state index in [0.29, 0.717) is 23.8 Å². The van der Waals surface area contributed by atoms with Gasteiger partial charge in [0.05, 0.1) is 28.4 Å². The number of sulfone groups is 1. The molecule has 0 saturated carbocycles. The fraction of sp³-hybridized carbons (Fsp3) is 0.316. The summed E-state index contributed by atoms with van der Waals surface area (Å²) in [6.45, 7) is 2.98. The lowest BCUT2D eigenvalue weighted by Crippen LogP contribution is -2.39. The second-order valence-corrected chi connectivity index (χ2v) is 9.59. The number of rotatable bonds is 4. The summed E-state index contributed by atoms with van der Waals surface area (Å²) in [4.78, 5) is 3.08. The topological polar surface area (TPSA) is 107 Å². The lowest BCUT2D eigenvalue weighted by molar-refractivity contribution is 0.552. The molecule has 0 saturated heterocycles. The summed E-state index contributed by atoms with van der Waals surface area (Å²) in [6, 6.07) is 9.09. The summed E-state index contributed by atoms with van der Waals surface area (Å²) in [5.74, 6) is -0.899. The van der Waals surface area contributed by atoms with Gasteiger partial charge in [-0.25, -0.2) is 12.8 Å². The Kier molecular flexibility index (Phi) is 5.48. The number of fused-ring (bicyclic) bond motifs is 1. The molecule has 4 rings (SSSR count). The summed E-state index contributed by atoms with van der Waals surface area (Å²) >= 11 is 5.97. The van der Waals surface area contributed by atoms with Crippen LogP contribution in [0.3, 0.4) is 0 Å². The van der Waals surface area contributed by atoms with Crippen molar-refractivity contribution in [2.45, 2.75) is 31.0 Å². The SMILES string of the molecule is CCn1nnc(-c2cc3c(cc2F)S(=O)(=O)C[C@H](N)CN3Cc2ccc(Cl)cc2)n1. The third-order valence-corrected chi connectivity index (χ3v) is 6.99. The molecule has 158 valence electrons. The van der Waals surface area contributed by atoms with Crippen LogP contribution >= 0.6 is 11.6 Å². The third-order valence-electron chi connectivity index (χ3n) is 4.88. The molecule has 1 atom stereocenters. The minimum atomic E-state index is -3.77. The molecule has 2 N–H and O–H groups in total. The van der Waals surface area contributed by atoms with E-state index in [9.17, 15) is 12.8 Å². The van der Waals surface area contributed by atoms with E-state index in [2.05, 4.69) is 15.4 Å². The van der Waals surface area contributed by atoms with Crippen molar-refractivity contribution in [2.24, 2.45) is 5.73 Å². The summed E-state index contributed by atoms with van der Waals surface area (Å²) < 4.78 is 40.6. The molecule has 1 aliphatic rings. The van der Waals surface area contributed by atoms with Crippen molar-refractivity contribution in [3.63, 3.8) is 0 Å². The third kappa shape index (κ3) is 4.03. The Labute approximate surface area is 178 Å². The summed E-state index contributed by atoms with van der Waals surface area (Å²) in [7, 11) is -3.77. The Hall–Kier alpha value is -2.56. The van der Waals surface area contributed by atoms with Crippen LogP contribution in [0.25, 0.3) is 11.4 Å². The van der Waals surface area contributed by atoms with Gasteiger partial charge in [0.2, 0.25) is 5.82 Å². The first-order chi connectivity index (χ1) is 14.3. The standard InChI is InChI=1S/C19H20ClFN6O2S/c1-2-27-24-19(23-25-27)15-7-17-18(8-16(15)21)30(28,29)11-14(22)10-26(17)9-12-3-5-13(20)6-4-12/h3-8,14H,2,9-11,22H2,1H3/t14-/m1/s1. The van der Waals surface area contributed by atoms with Gasteiger partial charge in [-0.15, -0.1) is 10.2 Å². The fourth-order valence-electron chi connectivity index (χ4n) is 3.46. The summed E-state index contributed by atoms with van der Waals surface area (Å²) in [6.07, 6.45) is 0. The van der Waals surface area contributed by atoms with E-state index in [1.807, 2.05) is 24.0 Å².